The second kappa shape index (κ2) is 9.40. The van der Waals surface area contributed by atoms with E-state index in [1.165, 1.54) is 11.8 Å². The average Bonchev–Trinajstić information content (AvgIpc) is 3.26. The average molecular weight is 523 g/mol. The molecule has 0 bridgehead atoms. The zero-order valence-electron chi connectivity index (χ0n) is 21.1. The van der Waals surface area contributed by atoms with Crippen molar-refractivity contribution in [3.8, 4) is 10.7 Å². The van der Waals surface area contributed by atoms with Crippen LogP contribution in [0.4, 0.5) is 17.3 Å². The molecule has 1 fully saturated rings. The Morgan fingerprint density at radius 1 is 1.11 bits per heavy atom. The number of aryl methyl sites for hydroxylation is 1. The van der Waals surface area contributed by atoms with Crippen molar-refractivity contribution in [2.75, 3.05) is 28.8 Å². The Labute approximate surface area is 215 Å². The molecule has 2 atom stereocenters. The summed E-state index contributed by atoms with van der Waals surface area (Å²) in [7, 11) is -3.00. The molecule has 1 aliphatic heterocycles. The molecule has 3 aromatic heterocycles. The summed E-state index contributed by atoms with van der Waals surface area (Å²) < 4.78 is 23.6. The Kier molecular flexibility index (Phi) is 6.42. The minimum Gasteiger partial charge on any atom is -0.368 e. The Hall–Kier alpha value is -3.11. The van der Waals surface area contributed by atoms with Crippen LogP contribution in [-0.2, 0) is 9.84 Å². The summed E-state index contributed by atoms with van der Waals surface area (Å²) in [6.07, 6.45) is 6.74. The van der Waals surface area contributed by atoms with Crippen LogP contribution in [0.15, 0.2) is 42.9 Å². The van der Waals surface area contributed by atoms with E-state index in [1.54, 1.807) is 23.7 Å². The number of anilines is 3. The number of nitrogens with zero attached hydrogens (tertiary/aromatic N) is 5. The first-order valence-electron chi connectivity index (χ1n) is 12.0. The fraction of sp³-hybridized carbons (Fsp3) is 0.385. The molecule has 188 valence electrons. The summed E-state index contributed by atoms with van der Waals surface area (Å²) in [6.45, 7) is 9.16. The smallest absolute Gasteiger partial charge is 0.173 e. The summed E-state index contributed by atoms with van der Waals surface area (Å²) >= 11 is 1.56. The van der Waals surface area contributed by atoms with Gasteiger partial charge in [0.15, 0.2) is 5.82 Å². The van der Waals surface area contributed by atoms with Gasteiger partial charge in [-0.25, -0.2) is 28.4 Å². The van der Waals surface area contributed by atoms with Gasteiger partial charge in [-0.3, -0.25) is 0 Å². The van der Waals surface area contributed by atoms with Crippen molar-refractivity contribution in [1.82, 2.24) is 19.9 Å². The molecule has 5 rings (SSSR count). The lowest BCUT2D eigenvalue weighted by atomic mass is 9.88. The fourth-order valence-corrected chi connectivity index (χ4v) is 6.68. The molecule has 0 saturated carbocycles. The molecule has 1 saturated heterocycles. The Morgan fingerprint density at radius 3 is 2.58 bits per heavy atom. The lowest BCUT2D eigenvalue weighted by molar-refractivity contribution is 0.342. The van der Waals surface area contributed by atoms with Gasteiger partial charge in [-0.2, -0.15) is 0 Å². The number of fused-ring (bicyclic) bond motifs is 1. The highest BCUT2D eigenvalue weighted by Crippen LogP contribution is 2.39. The summed E-state index contributed by atoms with van der Waals surface area (Å²) in [5, 5.41) is 6.51. The van der Waals surface area contributed by atoms with Crippen LogP contribution >= 0.6 is 11.3 Å². The maximum Gasteiger partial charge on any atom is 0.173 e. The first-order chi connectivity index (χ1) is 17.1. The molecule has 0 unspecified atom stereocenters. The third-order valence-corrected chi connectivity index (χ3v) is 8.66. The molecule has 4 heterocycles. The normalized spacial score (nSPS) is 18.0. The second-order valence-electron chi connectivity index (χ2n) is 9.82. The third kappa shape index (κ3) is 4.92. The second-order valence-corrected chi connectivity index (χ2v) is 13.2. The Morgan fingerprint density at radius 2 is 1.92 bits per heavy atom. The third-order valence-electron chi connectivity index (χ3n) is 6.72. The molecular formula is C26H30N6O2S2. The summed E-state index contributed by atoms with van der Waals surface area (Å²) in [5.41, 5.74) is 2.33. The van der Waals surface area contributed by atoms with Gasteiger partial charge in [0.2, 0.25) is 0 Å². The summed E-state index contributed by atoms with van der Waals surface area (Å²) in [6, 6.07) is 8.38. The molecule has 1 N–H and O–H groups in total. The molecule has 0 amide bonds. The number of thiazole rings is 1. The van der Waals surface area contributed by atoms with E-state index in [2.05, 4.69) is 64.1 Å². The largest absolute Gasteiger partial charge is 0.368 e. The van der Waals surface area contributed by atoms with E-state index in [0.29, 0.717) is 23.4 Å². The van der Waals surface area contributed by atoms with Crippen molar-refractivity contribution in [3.63, 3.8) is 0 Å². The van der Waals surface area contributed by atoms with Gasteiger partial charge >= 0.3 is 0 Å². The van der Waals surface area contributed by atoms with E-state index >= 15 is 0 Å². The van der Waals surface area contributed by atoms with Crippen molar-refractivity contribution in [2.24, 2.45) is 5.92 Å². The van der Waals surface area contributed by atoms with Crippen LogP contribution in [0, 0.1) is 12.8 Å². The zero-order chi connectivity index (χ0) is 25.6. The molecule has 0 spiro atoms. The molecular weight excluding hydrogens is 492 g/mol. The van der Waals surface area contributed by atoms with Gasteiger partial charge in [0.25, 0.3) is 0 Å². The van der Waals surface area contributed by atoms with Crippen molar-refractivity contribution < 1.29 is 8.42 Å². The Bertz CT molecular complexity index is 1530. The van der Waals surface area contributed by atoms with Gasteiger partial charge < -0.3 is 10.2 Å². The predicted molar refractivity (Wildman–Crippen MR) is 147 cm³/mol. The number of rotatable bonds is 7. The van der Waals surface area contributed by atoms with Crippen molar-refractivity contribution in [2.45, 2.75) is 39.7 Å². The van der Waals surface area contributed by atoms with Crippen LogP contribution in [0.3, 0.4) is 0 Å². The van der Waals surface area contributed by atoms with E-state index < -0.39 is 9.84 Å². The number of pyridine rings is 1. The maximum atomic E-state index is 11.8. The van der Waals surface area contributed by atoms with Gasteiger partial charge in [-0.05, 0) is 48.9 Å². The van der Waals surface area contributed by atoms with Gasteiger partial charge in [-0.15, -0.1) is 11.3 Å². The van der Waals surface area contributed by atoms with Gasteiger partial charge in [0, 0.05) is 54.4 Å². The molecule has 10 heteroatoms. The van der Waals surface area contributed by atoms with E-state index in [-0.39, 0.29) is 17.7 Å². The van der Waals surface area contributed by atoms with Crippen LogP contribution in [0.2, 0.25) is 0 Å². The minimum atomic E-state index is -3.00. The lowest BCUT2D eigenvalue weighted by Crippen LogP contribution is -2.57. The van der Waals surface area contributed by atoms with Crippen LogP contribution in [-0.4, -0.2) is 52.9 Å². The number of hydrogen-bond acceptors (Lipinski definition) is 9. The molecule has 36 heavy (non-hydrogen) atoms. The quantitative estimate of drug-likeness (QED) is 0.354. The van der Waals surface area contributed by atoms with Crippen LogP contribution in [0.1, 0.15) is 37.3 Å². The molecule has 0 aliphatic carbocycles. The molecule has 1 aromatic carbocycles. The van der Waals surface area contributed by atoms with Crippen molar-refractivity contribution in [3.05, 3.63) is 53.4 Å². The molecule has 4 aromatic rings. The highest BCUT2D eigenvalue weighted by molar-refractivity contribution is 7.90. The maximum absolute atomic E-state index is 11.8. The van der Waals surface area contributed by atoms with E-state index in [4.69, 9.17) is 4.98 Å². The molecule has 0 radical (unpaired) electrons. The van der Waals surface area contributed by atoms with E-state index in [9.17, 15) is 8.42 Å². The van der Waals surface area contributed by atoms with Crippen LogP contribution in [0.25, 0.3) is 21.5 Å². The number of benzene rings is 1. The lowest BCUT2D eigenvalue weighted by Gasteiger charge is -2.48. The summed E-state index contributed by atoms with van der Waals surface area (Å²) in [5.74, 6) is 2.71. The molecule has 1 aliphatic rings. The number of nitrogens with one attached hydrogen (secondary N) is 1. The van der Waals surface area contributed by atoms with Crippen molar-refractivity contribution >= 4 is 49.3 Å². The SMILES string of the molecule is Cc1ncc(-c2nccc(Nc3cc4c(C(C)C)ccc(N5C[C@H](CS(C)(=O)=O)[C@H]5C)c4cn3)n2)s1. The fourth-order valence-electron chi connectivity index (χ4n) is 4.80. The van der Waals surface area contributed by atoms with Crippen molar-refractivity contribution in [1.29, 1.82) is 0 Å². The van der Waals surface area contributed by atoms with Gasteiger partial charge in [-0.1, -0.05) is 19.9 Å². The summed E-state index contributed by atoms with van der Waals surface area (Å²) in [4.78, 5) is 21.3. The number of sulfone groups is 1. The number of aromatic nitrogens is 4. The number of hydrogen-bond donors (Lipinski definition) is 1. The standard InChI is InChI=1S/C26H30N6O2S2/c1-15(2)19-6-7-22(32-13-18(16(32)3)14-36(5,33)34)21-11-29-25(10-20(19)21)30-24-8-9-27-26(31-24)23-12-28-17(4)35-23/h6-12,15-16,18H,13-14H2,1-5H3,(H,27,29,30,31)/t16-,18-/m1/s1. The van der Waals surface area contributed by atoms with E-state index in [0.717, 1.165) is 32.9 Å². The van der Waals surface area contributed by atoms with Gasteiger partial charge in [0.1, 0.15) is 21.5 Å². The monoisotopic (exact) mass is 522 g/mol. The van der Waals surface area contributed by atoms with Crippen LogP contribution < -0.4 is 10.2 Å². The minimum absolute atomic E-state index is 0.142. The highest BCUT2D eigenvalue weighted by Gasteiger charge is 2.38. The first kappa shape index (κ1) is 24.6. The highest BCUT2D eigenvalue weighted by atomic mass is 32.2. The topological polar surface area (TPSA) is 101 Å². The van der Waals surface area contributed by atoms with Crippen LogP contribution in [0.5, 0.6) is 0 Å². The van der Waals surface area contributed by atoms with Gasteiger partial charge in [0.05, 0.1) is 15.6 Å². The zero-order valence-corrected chi connectivity index (χ0v) is 22.7. The van der Waals surface area contributed by atoms with E-state index in [1.807, 2.05) is 19.2 Å². The predicted octanol–water partition coefficient (Wildman–Crippen LogP) is 5.19. The molecule has 8 nitrogen and oxygen atoms in total. The Balaban J connectivity index is 1.46. The first-order valence-corrected chi connectivity index (χ1v) is 14.9.